The normalized spacial score (nSPS) is 11.8. The number of allylic oxidation sites excluding steroid dienone is 2. The molecule has 0 fully saturated rings. The van der Waals surface area contributed by atoms with Gasteiger partial charge in [-0.3, -0.25) is 0 Å². The molecule has 2 heteroatoms. The summed E-state index contributed by atoms with van der Waals surface area (Å²) >= 11 is 0. The molecule has 51 heavy (non-hydrogen) atoms. The zero-order valence-electron chi connectivity index (χ0n) is 28.1. The van der Waals surface area contributed by atoms with Crippen LogP contribution in [0.15, 0.2) is 183 Å². The number of pyridine rings is 1. The average molecular weight is 651 g/mol. The Morgan fingerprint density at radius 2 is 1.06 bits per heavy atom. The van der Waals surface area contributed by atoms with Gasteiger partial charge in [0.05, 0.1) is 11.2 Å². The molecule has 0 aliphatic carbocycles. The standard InChI is InChI=1S/C49H34N2/c1-2-32(27-40-15-7-10-18-47(40)50)35-19-23-36(24-20-35)44-30-46-45(39-25-21-33-11-3-5-13-37(33)28-39)31-48(51-49(46)43-17-9-8-16-42(43)44)41-26-22-34-12-4-6-14-38(34)29-41/h2-31H,1,50H2/b32-27+. The summed E-state index contributed by atoms with van der Waals surface area (Å²) in [5.41, 5.74) is 17.8. The molecule has 2 nitrogen and oxygen atoms in total. The first-order chi connectivity index (χ1) is 25.1. The molecule has 0 bridgehead atoms. The fourth-order valence-corrected chi connectivity index (χ4v) is 7.30. The maximum Gasteiger partial charge on any atom is 0.0794 e. The first-order valence-corrected chi connectivity index (χ1v) is 17.3. The number of nitrogen functional groups attached to an aromatic ring is 1. The molecule has 240 valence electrons. The van der Waals surface area contributed by atoms with E-state index in [0.29, 0.717) is 0 Å². The third-order valence-corrected chi connectivity index (χ3v) is 9.98. The van der Waals surface area contributed by atoms with Crippen molar-refractivity contribution in [2.45, 2.75) is 0 Å². The highest BCUT2D eigenvalue weighted by Crippen LogP contribution is 2.41. The van der Waals surface area contributed by atoms with Crippen LogP contribution in [0.4, 0.5) is 5.69 Å². The van der Waals surface area contributed by atoms with E-state index in [1.165, 1.54) is 38.1 Å². The predicted octanol–water partition coefficient (Wildman–Crippen LogP) is 13.0. The molecule has 1 heterocycles. The minimum Gasteiger partial charge on any atom is -0.398 e. The first kappa shape index (κ1) is 30.3. The van der Waals surface area contributed by atoms with Crippen LogP contribution in [0, 0.1) is 0 Å². The minimum atomic E-state index is 0.746. The third kappa shape index (κ3) is 5.53. The van der Waals surface area contributed by atoms with Gasteiger partial charge < -0.3 is 5.73 Å². The monoisotopic (exact) mass is 650 g/mol. The molecular weight excluding hydrogens is 617 g/mol. The van der Waals surface area contributed by atoms with Crippen molar-refractivity contribution in [3.8, 4) is 33.5 Å². The Balaban J connectivity index is 1.26. The lowest BCUT2D eigenvalue weighted by molar-refractivity contribution is 1.41. The molecule has 8 aromatic carbocycles. The number of hydrogen-bond donors (Lipinski definition) is 1. The molecule has 0 aliphatic heterocycles. The van der Waals surface area contributed by atoms with E-state index in [4.69, 9.17) is 10.7 Å². The molecule has 0 saturated heterocycles. The number of para-hydroxylation sites is 1. The van der Waals surface area contributed by atoms with E-state index >= 15 is 0 Å². The Kier molecular flexibility index (Phi) is 7.48. The topological polar surface area (TPSA) is 38.9 Å². The van der Waals surface area contributed by atoms with Crippen LogP contribution in [0.25, 0.3) is 88.4 Å². The third-order valence-electron chi connectivity index (χ3n) is 9.98. The van der Waals surface area contributed by atoms with Crippen LogP contribution in [0.1, 0.15) is 11.1 Å². The Morgan fingerprint density at radius 1 is 0.490 bits per heavy atom. The Hall–Kier alpha value is -6.77. The second-order valence-corrected chi connectivity index (χ2v) is 13.1. The SMILES string of the molecule is C=C/C(=C\c1ccccc1N)c1ccc(-c2cc3c(-c4ccc5ccccc5c4)cc(-c4ccc5ccccc5c4)nc3c3ccccc23)cc1. The van der Waals surface area contributed by atoms with Crippen LogP contribution in [0.2, 0.25) is 0 Å². The van der Waals surface area contributed by atoms with Crippen molar-refractivity contribution in [2.24, 2.45) is 0 Å². The summed E-state index contributed by atoms with van der Waals surface area (Å²) in [5.74, 6) is 0. The van der Waals surface area contributed by atoms with Crippen LogP contribution >= 0.6 is 0 Å². The number of aromatic nitrogens is 1. The van der Waals surface area contributed by atoms with Crippen LogP contribution in [0.5, 0.6) is 0 Å². The van der Waals surface area contributed by atoms with Crippen molar-refractivity contribution >= 4 is 60.6 Å². The zero-order chi connectivity index (χ0) is 34.3. The van der Waals surface area contributed by atoms with E-state index in [9.17, 15) is 0 Å². The van der Waals surface area contributed by atoms with Gasteiger partial charge in [-0.15, -0.1) is 0 Å². The van der Waals surface area contributed by atoms with Crippen LogP contribution in [-0.2, 0) is 0 Å². The van der Waals surface area contributed by atoms with Crippen molar-refractivity contribution in [1.29, 1.82) is 0 Å². The van der Waals surface area contributed by atoms with E-state index < -0.39 is 0 Å². The zero-order valence-corrected chi connectivity index (χ0v) is 28.1. The second-order valence-electron chi connectivity index (χ2n) is 13.1. The number of rotatable bonds is 6. The quantitative estimate of drug-likeness (QED) is 0.0842. The molecule has 0 aliphatic rings. The van der Waals surface area contributed by atoms with Gasteiger partial charge in [-0.2, -0.15) is 0 Å². The van der Waals surface area contributed by atoms with Crippen molar-refractivity contribution in [1.82, 2.24) is 4.98 Å². The van der Waals surface area contributed by atoms with Gasteiger partial charge in [-0.05, 0) is 102 Å². The molecule has 9 rings (SSSR count). The first-order valence-electron chi connectivity index (χ1n) is 17.3. The van der Waals surface area contributed by atoms with E-state index in [0.717, 1.165) is 61.1 Å². The Labute approximate surface area is 297 Å². The van der Waals surface area contributed by atoms with E-state index in [-0.39, 0.29) is 0 Å². The van der Waals surface area contributed by atoms with E-state index in [1.54, 1.807) is 0 Å². The summed E-state index contributed by atoms with van der Waals surface area (Å²) in [7, 11) is 0. The average Bonchev–Trinajstić information content (AvgIpc) is 3.19. The number of benzene rings is 8. The molecule has 0 atom stereocenters. The summed E-state index contributed by atoms with van der Waals surface area (Å²) in [6.07, 6.45) is 3.99. The smallest absolute Gasteiger partial charge is 0.0794 e. The highest BCUT2D eigenvalue weighted by Gasteiger charge is 2.17. The van der Waals surface area contributed by atoms with Gasteiger partial charge in [0.25, 0.3) is 0 Å². The van der Waals surface area contributed by atoms with Crippen molar-refractivity contribution in [2.75, 3.05) is 5.73 Å². The molecular formula is C49H34N2. The molecule has 1 aromatic heterocycles. The molecule has 2 N–H and O–H groups in total. The van der Waals surface area contributed by atoms with Crippen LogP contribution < -0.4 is 5.73 Å². The Bertz CT molecular complexity index is 2820. The molecule has 0 saturated carbocycles. The summed E-state index contributed by atoms with van der Waals surface area (Å²) in [6.45, 7) is 4.10. The van der Waals surface area contributed by atoms with Crippen LogP contribution in [0.3, 0.4) is 0 Å². The number of nitrogens with zero attached hydrogens (tertiary/aromatic N) is 1. The summed E-state index contributed by atoms with van der Waals surface area (Å²) in [5, 5.41) is 8.29. The molecule has 9 aromatic rings. The Morgan fingerprint density at radius 3 is 1.76 bits per heavy atom. The number of fused-ring (bicyclic) bond motifs is 5. The van der Waals surface area contributed by atoms with Gasteiger partial charge >= 0.3 is 0 Å². The highest BCUT2D eigenvalue weighted by atomic mass is 14.7. The van der Waals surface area contributed by atoms with E-state index in [1.807, 2.05) is 30.3 Å². The van der Waals surface area contributed by atoms with Gasteiger partial charge in [-0.1, -0.05) is 152 Å². The summed E-state index contributed by atoms with van der Waals surface area (Å²) in [6, 6.07) is 60.4. The van der Waals surface area contributed by atoms with Gasteiger partial charge in [0, 0.05) is 22.0 Å². The number of hydrogen-bond acceptors (Lipinski definition) is 2. The van der Waals surface area contributed by atoms with Crippen molar-refractivity contribution < 1.29 is 0 Å². The predicted molar refractivity (Wildman–Crippen MR) is 219 cm³/mol. The van der Waals surface area contributed by atoms with Gasteiger partial charge in [0.15, 0.2) is 0 Å². The minimum absolute atomic E-state index is 0.746. The lowest BCUT2D eigenvalue weighted by Gasteiger charge is -2.16. The molecule has 0 radical (unpaired) electrons. The number of anilines is 1. The lowest BCUT2D eigenvalue weighted by Crippen LogP contribution is -1.94. The summed E-state index contributed by atoms with van der Waals surface area (Å²) < 4.78 is 0. The maximum absolute atomic E-state index is 6.26. The van der Waals surface area contributed by atoms with Crippen molar-refractivity contribution in [3.63, 3.8) is 0 Å². The molecule has 0 amide bonds. The van der Waals surface area contributed by atoms with E-state index in [2.05, 4.69) is 158 Å². The van der Waals surface area contributed by atoms with Crippen molar-refractivity contribution in [3.05, 3.63) is 194 Å². The highest BCUT2D eigenvalue weighted by molar-refractivity contribution is 6.16. The molecule has 0 spiro atoms. The maximum atomic E-state index is 6.26. The molecule has 0 unspecified atom stereocenters. The van der Waals surface area contributed by atoms with Gasteiger partial charge in [-0.25, -0.2) is 4.98 Å². The lowest BCUT2D eigenvalue weighted by atomic mass is 9.90. The fraction of sp³-hybridized carbons (Fsp3) is 0. The van der Waals surface area contributed by atoms with Crippen LogP contribution in [-0.4, -0.2) is 4.98 Å². The largest absolute Gasteiger partial charge is 0.398 e. The summed E-state index contributed by atoms with van der Waals surface area (Å²) in [4.78, 5) is 5.43. The number of nitrogens with two attached hydrogens (primary N) is 1. The van der Waals surface area contributed by atoms with Gasteiger partial charge in [0.2, 0.25) is 0 Å². The van der Waals surface area contributed by atoms with Gasteiger partial charge in [0.1, 0.15) is 0 Å². The second kappa shape index (κ2) is 12.6. The fourth-order valence-electron chi connectivity index (χ4n) is 7.30.